The first-order chi connectivity index (χ1) is 9.22. The van der Waals surface area contributed by atoms with Crippen LogP contribution in [-0.4, -0.2) is 12.7 Å². The van der Waals surface area contributed by atoms with Gasteiger partial charge in [-0.15, -0.1) is 0 Å². The third-order valence-corrected chi connectivity index (χ3v) is 3.92. The van der Waals surface area contributed by atoms with Crippen LogP contribution in [0.3, 0.4) is 0 Å². The van der Waals surface area contributed by atoms with E-state index in [4.69, 9.17) is 4.74 Å². The molecule has 0 unspecified atom stereocenters. The summed E-state index contributed by atoms with van der Waals surface area (Å²) in [5.41, 5.74) is 4.10. The van der Waals surface area contributed by atoms with E-state index in [9.17, 15) is 13.6 Å². The topological polar surface area (TPSA) is 38.7 Å². The molecule has 100 valence electrons. The van der Waals surface area contributed by atoms with Crippen LogP contribution in [0.2, 0.25) is 0 Å². The first-order valence-electron chi connectivity index (χ1n) is 6.44. The van der Waals surface area contributed by atoms with E-state index >= 15 is 0 Å². The minimum atomic E-state index is -2.81. The molecule has 0 aliphatic heterocycles. The Morgan fingerprint density at radius 1 is 1.00 bits per heavy atom. The van der Waals surface area contributed by atoms with E-state index in [1.54, 1.807) is 6.08 Å². The van der Waals surface area contributed by atoms with Gasteiger partial charge in [0.15, 0.2) is 0 Å². The number of hydrogen-bond donors (Lipinski definition) is 0. The fourth-order valence-corrected chi connectivity index (χ4v) is 3.29. The normalized spacial score (nSPS) is 16.2. The van der Waals surface area contributed by atoms with Crippen molar-refractivity contribution in [2.45, 2.75) is 45.1 Å². The van der Waals surface area contributed by atoms with Gasteiger partial charge in [-0.25, -0.2) is 4.79 Å². The van der Waals surface area contributed by atoms with Gasteiger partial charge in [-0.1, -0.05) is 0 Å². The van der Waals surface area contributed by atoms with E-state index < -0.39 is 6.61 Å². The molecule has 0 aromatic heterocycles. The van der Waals surface area contributed by atoms with Gasteiger partial charge in [-0.2, -0.15) is 13.8 Å². The minimum absolute atomic E-state index is 0.347. The maximum Gasteiger partial charge on any atom is 0.387 e. The summed E-state index contributed by atoms with van der Waals surface area (Å²) in [6, 6.07) is 0. The SMILES string of the molecule is O=C=Nc1c2c(c(OC(F)F)c3c1CCC3)CCC2. The largest absolute Gasteiger partial charge is 0.434 e. The number of aliphatic imine (C=N–C) groups is 1. The number of hydrogen-bond acceptors (Lipinski definition) is 3. The lowest BCUT2D eigenvalue weighted by atomic mass is 9.97. The van der Waals surface area contributed by atoms with Gasteiger partial charge in [-0.05, 0) is 49.7 Å². The van der Waals surface area contributed by atoms with Crippen molar-refractivity contribution in [2.24, 2.45) is 4.99 Å². The third kappa shape index (κ3) is 1.94. The lowest BCUT2D eigenvalue weighted by Crippen LogP contribution is -2.08. The molecule has 0 saturated heterocycles. The molecule has 3 nitrogen and oxygen atoms in total. The van der Waals surface area contributed by atoms with Crippen LogP contribution < -0.4 is 4.74 Å². The number of fused-ring (bicyclic) bond motifs is 2. The van der Waals surface area contributed by atoms with Crippen LogP contribution in [0.25, 0.3) is 0 Å². The Bertz CT molecular complexity index is 542. The lowest BCUT2D eigenvalue weighted by Gasteiger charge is -2.17. The summed E-state index contributed by atoms with van der Waals surface area (Å²) in [6.45, 7) is -2.81. The number of alkyl halides is 2. The highest BCUT2D eigenvalue weighted by molar-refractivity contribution is 5.70. The first-order valence-corrected chi connectivity index (χ1v) is 6.44. The van der Waals surface area contributed by atoms with Crippen LogP contribution in [-0.2, 0) is 30.5 Å². The zero-order chi connectivity index (χ0) is 13.4. The van der Waals surface area contributed by atoms with E-state index in [1.807, 2.05) is 0 Å². The van der Waals surface area contributed by atoms with Gasteiger partial charge in [0.05, 0.1) is 5.69 Å². The summed E-state index contributed by atoms with van der Waals surface area (Å²) in [6.07, 6.45) is 6.33. The summed E-state index contributed by atoms with van der Waals surface area (Å²) < 4.78 is 30.0. The number of rotatable bonds is 3. The predicted octanol–water partition coefficient (Wildman–Crippen LogP) is 3.23. The maximum absolute atomic E-state index is 12.6. The van der Waals surface area contributed by atoms with Gasteiger partial charge in [-0.3, -0.25) is 0 Å². The monoisotopic (exact) mass is 265 g/mol. The summed E-state index contributed by atoms with van der Waals surface area (Å²) in [7, 11) is 0. The number of benzene rings is 1. The molecule has 3 rings (SSSR count). The first kappa shape index (κ1) is 12.3. The maximum atomic E-state index is 12.6. The fourth-order valence-electron chi connectivity index (χ4n) is 3.29. The fraction of sp³-hybridized carbons (Fsp3) is 0.500. The van der Waals surface area contributed by atoms with Crippen LogP contribution in [0.15, 0.2) is 4.99 Å². The van der Waals surface area contributed by atoms with Crippen LogP contribution in [0, 0.1) is 0 Å². The van der Waals surface area contributed by atoms with Gasteiger partial charge >= 0.3 is 6.61 Å². The smallest absolute Gasteiger partial charge is 0.387 e. The van der Waals surface area contributed by atoms with Crippen LogP contribution in [0.1, 0.15) is 35.1 Å². The molecule has 0 amide bonds. The zero-order valence-electron chi connectivity index (χ0n) is 10.3. The molecule has 19 heavy (non-hydrogen) atoms. The zero-order valence-corrected chi connectivity index (χ0v) is 10.3. The number of carbonyl (C=O) groups excluding carboxylic acids is 1. The minimum Gasteiger partial charge on any atom is -0.434 e. The summed E-state index contributed by atoms with van der Waals surface area (Å²) in [5, 5.41) is 0. The molecular weight excluding hydrogens is 252 g/mol. The molecular formula is C14H13F2NO2. The van der Waals surface area contributed by atoms with Crippen molar-refractivity contribution in [2.75, 3.05) is 0 Å². The quantitative estimate of drug-likeness (QED) is 0.621. The van der Waals surface area contributed by atoms with Crippen LogP contribution in [0.4, 0.5) is 14.5 Å². The van der Waals surface area contributed by atoms with Gasteiger partial charge in [0.1, 0.15) is 5.75 Å². The highest BCUT2D eigenvalue weighted by Gasteiger charge is 2.30. The Morgan fingerprint density at radius 2 is 1.53 bits per heavy atom. The molecule has 1 aromatic rings. The average Bonchev–Trinajstić information content (AvgIpc) is 3.01. The molecule has 0 atom stereocenters. The van der Waals surface area contributed by atoms with E-state index in [-0.39, 0.29) is 0 Å². The second kappa shape index (κ2) is 4.74. The van der Waals surface area contributed by atoms with E-state index in [1.165, 1.54) is 0 Å². The molecule has 1 aromatic carbocycles. The molecule has 0 heterocycles. The van der Waals surface area contributed by atoms with E-state index in [0.717, 1.165) is 47.9 Å². The molecule has 5 heteroatoms. The summed E-state index contributed by atoms with van der Waals surface area (Å²) in [5.74, 6) is 0.347. The van der Waals surface area contributed by atoms with Gasteiger partial charge in [0, 0.05) is 11.1 Å². The third-order valence-electron chi connectivity index (χ3n) is 3.92. The van der Waals surface area contributed by atoms with Crippen molar-refractivity contribution in [3.63, 3.8) is 0 Å². The second-order valence-electron chi connectivity index (χ2n) is 4.88. The number of halogens is 2. The molecule has 0 radical (unpaired) electrons. The molecule has 2 aliphatic rings. The molecule has 0 saturated carbocycles. The number of isocyanates is 1. The van der Waals surface area contributed by atoms with Gasteiger partial charge in [0.25, 0.3) is 0 Å². The molecule has 0 spiro atoms. The summed E-state index contributed by atoms with van der Waals surface area (Å²) in [4.78, 5) is 14.4. The molecule has 0 bridgehead atoms. The van der Waals surface area contributed by atoms with Crippen molar-refractivity contribution in [1.82, 2.24) is 0 Å². The Balaban J connectivity index is 2.24. The van der Waals surface area contributed by atoms with E-state index in [0.29, 0.717) is 24.3 Å². The van der Waals surface area contributed by atoms with Crippen molar-refractivity contribution in [3.05, 3.63) is 22.3 Å². The van der Waals surface area contributed by atoms with Gasteiger partial charge < -0.3 is 4.74 Å². The number of ether oxygens (including phenoxy) is 1. The summed E-state index contributed by atoms with van der Waals surface area (Å²) >= 11 is 0. The van der Waals surface area contributed by atoms with Crippen LogP contribution in [0.5, 0.6) is 5.75 Å². The Hall–Kier alpha value is -1.74. The number of nitrogens with zero attached hydrogens (tertiary/aromatic N) is 1. The Labute approximate surface area is 109 Å². The predicted molar refractivity (Wildman–Crippen MR) is 64.9 cm³/mol. The van der Waals surface area contributed by atoms with Crippen molar-refractivity contribution < 1.29 is 18.3 Å². The van der Waals surface area contributed by atoms with Gasteiger partial charge in [0.2, 0.25) is 6.08 Å². The molecule has 2 aliphatic carbocycles. The van der Waals surface area contributed by atoms with Crippen molar-refractivity contribution in [1.29, 1.82) is 0 Å². The Morgan fingerprint density at radius 3 is 2.00 bits per heavy atom. The average molecular weight is 265 g/mol. The Kier molecular flexibility index (Phi) is 3.07. The highest BCUT2D eigenvalue weighted by Crippen LogP contribution is 2.47. The van der Waals surface area contributed by atoms with E-state index in [2.05, 4.69) is 4.99 Å². The molecule has 0 N–H and O–H groups in total. The second-order valence-corrected chi connectivity index (χ2v) is 4.88. The van der Waals surface area contributed by atoms with Crippen LogP contribution >= 0.6 is 0 Å². The van der Waals surface area contributed by atoms with Crippen molar-refractivity contribution in [3.8, 4) is 5.75 Å². The highest BCUT2D eigenvalue weighted by atomic mass is 19.3. The van der Waals surface area contributed by atoms with Crippen molar-refractivity contribution >= 4 is 11.8 Å². The lowest BCUT2D eigenvalue weighted by molar-refractivity contribution is -0.0509. The standard InChI is InChI=1S/C14H13F2NO2/c15-14(16)19-13-10-5-1-3-8(10)12(17-7-18)9-4-2-6-11(9)13/h14H,1-6H2. The molecule has 0 fully saturated rings.